The summed E-state index contributed by atoms with van der Waals surface area (Å²) in [5.74, 6) is -0.708. The molecule has 0 heterocycles. The average Bonchev–Trinajstić information content (AvgIpc) is 3.60. The Morgan fingerprint density at radius 3 is 2.21 bits per heavy atom. The third-order valence-corrected chi connectivity index (χ3v) is 6.64. The molecule has 0 spiro atoms. The van der Waals surface area contributed by atoms with E-state index in [4.69, 9.17) is 9.84 Å². The van der Waals surface area contributed by atoms with Gasteiger partial charge in [0, 0.05) is 25.4 Å². The van der Waals surface area contributed by atoms with Crippen LogP contribution in [0.25, 0.3) is 11.1 Å². The second-order valence-corrected chi connectivity index (χ2v) is 9.22. The maximum Gasteiger partial charge on any atom is 0.407 e. The molecule has 180 valence electrons. The molecular formula is C27H32N2O5. The number of carboxylic acid groups (broad SMARTS) is 1. The minimum Gasteiger partial charge on any atom is -0.481 e. The fraction of sp³-hybridized carbons (Fsp3) is 0.444. The van der Waals surface area contributed by atoms with Gasteiger partial charge in [0.05, 0.1) is 5.92 Å². The maximum atomic E-state index is 12.6. The first kappa shape index (κ1) is 23.8. The smallest absolute Gasteiger partial charge is 0.407 e. The number of fused-ring (bicyclic) bond motifs is 3. The summed E-state index contributed by atoms with van der Waals surface area (Å²) in [6.45, 7) is 0.912. The van der Waals surface area contributed by atoms with E-state index in [1.165, 1.54) is 11.1 Å². The molecule has 1 atom stereocenters. The van der Waals surface area contributed by atoms with Crippen LogP contribution in [-0.2, 0) is 14.3 Å². The largest absolute Gasteiger partial charge is 0.481 e. The molecule has 0 aliphatic heterocycles. The van der Waals surface area contributed by atoms with Crippen molar-refractivity contribution in [2.75, 3.05) is 19.7 Å². The van der Waals surface area contributed by atoms with E-state index < -0.39 is 12.1 Å². The van der Waals surface area contributed by atoms with Crippen LogP contribution in [0.3, 0.4) is 0 Å². The van der Waals surface area contributed by atoms with Gasteiger partial charge >= 0.3 is 12.1 Å². The third-order valence-electron chi connectivity index (χ3n) is 6.64. The SMILES string of the molecule is O=C(O)CCCCNC(=O)C(CNC(=O)OCC1c2ccccc2-c2ccccc21)CC1CC1. The van der Waals surface area contributed by atoms with Crippen LogP contribution in [0.5, 0.6) is 0 Å². The highest BCUT2D eigenvalue weighted by atomic mass is 16.5. The van der Waals surface area contributed by atoms with Gasteiger partial charge in [-0.15, -0.1) is 0 Å². The molecule has 2 aliphatic rings. The first-order valence-corrected chi connectivity index (χ1v) is 12.1. The van der Waals surface area contributed by atoms with E-state index in [2.05, 4.69) is 34.9 Å². The Hall–Kier alpha value is -3.35. The topological polar surface area (TPSA) is 105 Å². The zero-order valence-corrected chi connectivity index (χ0v) is 19.3. The van der Waals surface area contributed by atoms with Gasteiger partial charge in [-0.05, 0) is 47.4 Å². The molecule has 2 aromatic rings. The van der Waals surface area contributed by atoms with Crippen molar-refractivity contribution in [3.8, 4) is 11.1 Å². The molecule has 2 aliphatic carbocycles. The Bertz CT molecular complexity index is 988. The summed E-state index contributed by atoms with van der Waals surface area (Å²) >= 11 is 0. The van der Waals surface area contributed by atoms with Crippen LogP contribution < -0.4 is 10.6 Å². The molecule has 3 N–H and O–H groups in total. The van der Waals surface area contributed by atoms with Gasteiger partial charge < -0.3 is 20.5 Å². The average molecular weight is 465 g/mol. The van der Waals surface area contributed by atoms with Crippen molar-refractivity contribution in [3.63, 3.8) is 0 Å². The third kappa shape index (κ3) is 6.16. The van der Waals surface area contributed by atoms with E-state index in [1.807, 2.05) is 24.3 Å². The Labute approximate surface area is 199 Å². The lowest BCUT2D eigenvalue weighted by molar-refractivity contribution is -0.137. The summed E-state index contributed by atoms with van der Waals surface area (Å²) < 4.78 is 5.59. The lowest BCUT2D eigenvalue weighted by Crippen LogP contribution is -2.40. The van der Waals surface area contributed by atoms with Gasteiger partial charge in [-0.2, -0.15) is 0 Å². The van der Waals surface area contributed by atoms with Crippen LogP contribution in [0.2, 0.25) is 0 Å². The van der Waals surface area contributed by atoms with Crippen LogP contribution in [0.15, 0.2) is 48.5 Å². The molecule has 1 unspecified atom stereocenters. The Kier molecular flexibility index (Phi) is 7.83. The van der Waals surface area contributed by atoms with Gasteiger partial charge in [0.25, 0.3) is 0 Å². The highest BCUT2D eigenvalue weighted by molar-refractivity contribution is 5.80. The summed E-state index contributed by atoms with van der Waals surface area (Å²) in [5.41, 5.74) is 4.67. The summed E-state index contributed by atoms with van der Waals surface area (Å²) in [6.07, 6.45) is 3.71. The standard InChI is InChI=1S/C27H32N2O5/c30-25(31)11-5-6-14-28-26(32)19(15-18-12-13-18)16-29-27(33)34-17-24-22-9-3-1-7-20(22)21-8-2-4-10-23(21)24/h1-4,7-10,18-19,24H,5-6,11-17H2,(H,28,32)(H,29,33)(H,30,31). The monoisotopic (exact) mass is 464 g/mol. The number of ether oxygens (including phenoxy) is 1. The van der Waals surface area contributed by atoms with Crippen molar-refractivity contribution in [1.82, 2.24) is 10.6 Å². The zero-order chi connectivity index (χ0) is 23.9. The second-order valence-electron chi connectivity index (χ2n) is 9.22. The number of benzene rings is 2. The van der Waals surface area contributed by atoms with E-state index in [9.17, 15) is 14.4 Å². The molecule has 7 heteroatoms. The Balaban J connectivity index is 1.26. The number of amides is 2. The molecule has 0 saturated heterocycles. The second kappa shape index (κ2) is 11.2. The number of hydrogen-bond acceptors (Lipinski definition) is 4. The number of carbonyl (C=O) groups excluding carboxylic acids is 2. The van der Waals surface area contributed by atoms with Crippen LogP contribution in [0.1, 0.15) is 55.6 Å². The molecule has 2 amide bonds. The molecular weight excluding hydrogens is 432 g/mol. The van der Waals surface area contributed by atoms with Gasteiger partial charge in [0.1, 0.15) is 6.61 Å². The molecule has 0 radical (unpaired) electrons. The minimum absolute atomic E-state index is 0.00508. The first-order chi connectivity index (χ1) is 16.5. The quantitative estimate of drug-likeness (QED) is 0.406. The molecule has 4 rings (SSSR count). The van der Waals surface area contributed by atoms with Crippen molar-refractivity contribution in [3.05, 3.63) is 59.7 Å². The Morgan fingerprint density at radius 2 is 1.59 bits per heavy atom. The highest BCUT2D eigenvalue weighted by Gasteiger charge is 2.31. The molecule has 7 nitrogen and oxygen atoms in total. The fourth-order valence-electron chi connectivity index (χ4n) is 4.65. The van der Waals surface area contributed by atoms with E-state index in [1.54, 1.807) is 0 Å². The number of nitrogens with one attached hydrogen (secondary N) is 2. The number of aliphatic carboxylic acids is 1. The van der Waals surface area contributed by atoms with Crippen molar-refractivity contribution in [2.45, 2.75) is 44.4 Å². The summed E-state index contributed by atoms with van der Waals surface area (Å²) in [6, 6.07) is 16.4. The minimum atomic E-state index is -0.828. The van der Waals surface area contributed by atoms with Crippen molar-refractivity contribution in [2.24, 2.45) is 11.8 Å². The van der Waals surface area contributed by atoms with Crippen molar-refractivity contribution < 1.29 is 24.2 Å². The van der Waals surface area contributed by atoms with E-state index >= 15 is 0 Å². The number of hydrogen-bond donors (Lipinski definition) is 3. The van der Waals surface area contributed by atoms with Gasteiger partial charge in [-0.3, -0.25) is 9.59 Å². The molecule has 1 fully saturated rings. The first-order valence-electron chi connectivity index (χ1n) is 12.1. The van der Waals surface area contributed by atoms with Crippen LogP contribution in [0.4, 0.5) is 4.79 Å². The summed E-state index contributed by atoms with van der Waals surface area (Å²) in [7, 11) is 0. The fourth-order valence-corrected chi connectivity index (χ4v) is 4.65. The van der Waals surface area contributed by atoms with E-state index in [0.717, 1.165) is 30.4 Å². The van der Waals surface area contributed by atoms with E-state index in [-0.39, 0.29) is 37.3 Å². The van der Waals surface area contributed by atoms with Gasteiger partial charge in [0.15, 0.2) is 0 Å². The van der Waals surface area contributed by atoms with Crippen LogP contribution in [-0.4, -0.2) is 42.8 Å². The lowest BCUT2D eigenvalue weighted by atomic mass is 9.98. The van der Waals surface area contributed by atoms with Gasteiger partial charge in [-0.1, -0.05) is 61.4 Å². The van der Waals surface area contributed by atoms with Crippen LogP contribution >= 0.6 is 0 Å². The predicted octanol–water partition coefficient (Wildman–Crippen LogP) is 4.31. The number of unbranched alkanes of at least 4 members (excludes halogenated alkanes) is 1. The van der Waals surface area contributed by atoms with Gasteiger partial charge in [0.2, 0.25) is 5.91 Å². The molecule has 2 aromatic carbocycles. The number of carboxylic acids is 1. The number of carbonyl (C=O) groups is 3. The van der Waals surface area contributed by atoms with Crippen molar-refractivity contribution in [1.29, 1.82) is 0 Å². The van der Waals surface area contributed by atoms with E-state index in [0.29, 0.717) is 25.3 Å². The lowest BCUT2D eigenvalue weighted by Gasteiger charge is -2.18. The maximum absolute atomic E-state index is 12.6. The van der Waals surface area contributed by atoms with Gasteiger partial charge in [-0.25, -0.2) is 4.79 Å². The van der Waals surface area contributed by atoms with Crippen LogP contribution in [0, 0.1) is 11.8 Å². The molecule has 1 saturated carbocycles. The highest BCUT2D eigenvalue weighted by Crippen LogP contribution is 2.44. The number of alkyl carbamates (subject to hydrolysis) is 1. The number of rotatable bonds is 12. The van der Waals surface area contributed by atoms with Crippen molar-refractivity contribution >= 4 is 18.0 Å². The summed E-state index contributed by atoms with van der Waals surface area (Å²) in [4.78, 5) is 35.7. The Morgan fingerprint density at radius 1 is 0.941 bits per heavy atom. The predicted molar refractivity (Wildman–Crippen MR) is 128 cm³/mol. The zero-order valence-electron chi connectivity index (χ0n) is 19.3. The molecule has 34 heavy (non-hydrogen) atoms. The summed E-state index contributed by atoms with van der Waals surface area (Å²) in [5, 5.41) is 14.4. The molecule has 0 aromatic heterocycles. The molecule has 0 bridgehead atoms. The normalized spacial score (nSPS) is 15.2.